The molecule has 2 atom stereocenters. The molecule has 0 unspecified atom stereocenters. The highest BCUT2D eigenvalue weighted by molar-refractivity contribution is 7.80. The predicted molar refractivity (Wildman–Crippen MR) is 83.0 cm³/mol. The molecule has 1 saturated carbocycles. The summed E-state index contributed by atoms with van der Waals surface area (Å²) in [7, 11) is 1.39. The molecule has 0 aromatic heterocycles. The van der Waals surface area contributed by atoms with Crippen molar-refractivity contribution in [1.82, 2.24) is 9.96 Å². The summed E-state index contributed by atoms with van der Waals surface area (Å²) in [5, 5.41) is 26.2. The number of carbonyl (C=O) groups is 1. The van der Waals surface area contributed by atoms with Gasteiger partial charge in [-0.1, -0.05) is 12.2 Å². The third kappa shape index (κ3) is 2.78. The second-order valence-electron chi connectivity index (χ2n) is 4.92. The zero-order chi connectivity index (χ0) is 15.6. The summed E-state index contributed by atoms with van der Waals surface area (Å²) in [6.07, 6.45) is 1.59. The first-order chi connectivity index (χ1) is 9.89. The summed E-state index contributed by atoms with van der Waals surface area (Å²) in [5.74, 6) is 0. The first kappa shape index (κ1) is 15.5. The topological polar surface area (TPSA) is 95.3 Å². The van der Waals surface area contributed by atoms with Gasteiger partial charge >= 0.3 is 6.03 Å². The Morgan fingerprint density at radius 2 is 2.05 bits per heavy atom. The Morgan fingerprint density at radius 3 is 2.48 bits per heavy atom. The predicted octanol–water partition coefficient (Wildman–Crippen LogP) is 2.66. The van der Waals surface area contributed by atoms with E-state index in [1.54, 1.807) is 0 Å². The summed E-state index contributed by atoms with van der Waals surface area (Å²) >= 11 is 5.12. The third-order valence-electron chi connectivity index (χ3n) is 3.69. The second-order valence-corrected chi connectivity index (χ2v) is 5.50. The molecule has 2 amide bonds. The molecule has 1 N–H and O–H groups in total. The zero-order valence-electron chi connectivity index (χ0n) is 11.4. The van der Waals surface area contributed by atoms with Crippen molar-refractivity contribution >= 4 is 34.5 Å². The molecule has 1 aromatic rings. The summed E-state index contributed by atoms with van der Waals surface area (Å²) in [6.45, 7) is 0. The van der Waals surface area contributed by atoms with Gasteiger partial charge in [-0.2, -0.15) is 0 Å². The number of quaternary nitrogens is 1. The first-order valence-electron chi connectivity index (χ1n) is 6.48. The third-order valence-corrected chi connectivity index (χ3v) is 4.06. The van der Waals surface area contributed by atoms with Gasteiger partial charge in [0.1, 0.15) is 11.7 Å². The average Bonchev–Trinajstić information content (AvgIpc) is 2.92. The molecule has 1 aromatic carbocycles. The van der Waals surface area contributed by atoms with E-state index in [2.05, 4.69) is 5.32 Å². The number of hydrogen-bond acceptors (Lipinski definition) is 5. The van der Waals surface area contributed by atoms with Crippen LogP contribution in [0.1, 0.15) is 19.3 Å². The lowest BCUT2D eigenvalue weighted by Crippen LogP contribution is -2.59. The number of hydroxylamine groups is 2. The van der Waals surface area contributed by atoms with E-state index >= 15 is 0 Å². The Labute approximate surface area is 126 Å². The lowest BCUT2D eigenvalue weighted by Gasteiger charge is -2.43. The number of non-ortho nitro benzene ring substituents is 1. The number of benzene rings is 1. The van der Waals surface area contributed by atoms with Crippen molar-refractivity contribution in [2.75, 3.05) is 7.05 Å². The van der Waals surface area contributed by atoms with Crippen LogP contribution in [-0.4, -0.2) is 28.9 Å². The highest BCUT2D eigenvalue weighted by Gasteiger charge is 2.41. The van der Waals surface area contributed by atoms with E-state index in [1.165, 1.54) is 31.3 Å². The number of urea groups is 1. The molecule has 0 saturated heterocycles. The van der Waals surface area contributed by atoms with Crippen LogP contribution in [0.15, 0.2) is 24.3 Å². The molecule has 2 rings (SSSR count). The van der Waals surface area contributed by atoms with Crippen LogP contribution in [0.3, 0.4) is 0 Å². The number of rotatable bonds is 3. The molecule has 1 aliphatic rings. The van der Waals surface area contributed by atoms with Crippen molar-refractivity contribution in [2.24, 2.45) is 0 Å². The summed E-state index contributed by atoms with van der Waals surface area (Å²) in [4.78, 5) is 23.0. The number of nitro benzene ring substituents is 1. The highest BCUT2D eigenvalue weighted by Crippen LogP contribution is 2.34. The Morgan fingerprint density at radius 1 is 1.43 bits per heavy atom. The largest absolute Gasteiger partial charge is 0.618 e. The molecule has 0 radical (unpaired) electrons. The normalized spacial score (nSPS) is 20.9. The Balaban J connectivity index is 2.42. The van der Waals surface area contributed by atoms with E-state index in [1.807, 2.05) is 0 Å². The zero-order valence-corrected chi connectivity index (χ0v) is 12.3. The van der Waals surface area contributed by atoms with Gasteiger partial charge in [0.25, 0.3) is 5.69 Å². The van der Waals surface area contributed by atoms with Crippen LogP contribution in [0.5, 0.6) is 0 Å². The van der Waals surface area contributed by atoms with E-state index in [0.29, 0.717) is 19.3 Å². The van der Waals surface area contributed by atoms with Gasteiger partial charge in [0, 0.05) is 44.2 Å². The summed E-state index contributed by atoms with van der Waals surface area (Å²) in [5.41, 5.74) is 0.0544. The van der Waals surface area contributed by atoms with Crippen molar-refractivity contribution in [2.45, 2.75) is 25.3 Å². The van der Waals surface area contributed by atoms with Crippen LogP contribution in [0.25, 0.3) is 0 Å². The van der Waals surface area contributed by atoms with Gasteiger partial charge in [0.15, 0.2) is 0 Å². The van der Waals surface area contributed by atoms with Crippen LogP contribution in [0.4, 0.5) is 16.2 Å². The van der Waals surface area contributed by atoms with Gasteiger partial charge in [-0.3, -0.25) is 10.1 Å². The molecule has 7 nitrogen and oxygen atoms in total. The number of nitro groups is 1. The minimum absolute atomic E-state index is 0.121. The molecule has 0 bridgehead atoms. The van der Waals surface area contributed by atoms with E-state index in [4.69, 9.17) is 12.2 Å². The van der Waals surface area contributed by atoms with Gasteiger partial charge in [-0.05, 0) is 11.3 Å². The van der Waals surface area contributed by atoms with Crippen LogP contribution >= 0.6 is 12.2 Å². The second kappa shape index (κ2) is 5.84. The molecular formula is C13H15N3O4S. The standard InChI is InChI=1S/C13H15N3O4S/c1-14-13(17)16(20,11-6-7-12(21)8-11)10-4-2-9(3-5-10)15(18)19/h2-5,11H,6-8H2,1H3,(H,14,17)/t11-,16-/m1/s1. The monoisotopic (exact) mass is 309 g/mol. The number of thiocarbonyl (C=S) groups is 1. The van der Waals surface area contributed by atoms with E-state index in [0.717, 1.165) is 4.86 Å². The highest BCUT2D eigenvalue weighted by atomic mass is 32.1. The number of nitrogens with zero attached hydrogens (tertiary/aromatic N) is 2. The Hall–Kier alpha value is -1.90. The van der Waals surface area contributed by atoms with Crippen molar-refractivity contribution in [1.29, 1.82) is 0 Å². The van der Waals surface area contributed by atoms with Crippen LogP contribution < -0.4 is 9.96 Å². The summed E-state index contributed by atoms with van der Waals surface area (Å²) < 4.78 is -1.19. The maximum Gasteiger partial charge on any atom is 0.421 e. The van der Waals surface area contributed by atoms with Crippen LogP contribution in [0.2, 0.25) is 0 Å². The van der Waals surface area contributed by atoms with E-state index in [-0.39, 0.29) is 11.4 Å². The number of nitrogens with one attached hydrogen (secondary N) is 1. The molecule has 1 fully saturated rings. The quantitative estimate of drug-likeness (QED) is 0.401. The minimum atomic E-state index is -1.19. The SMILES string of the molecule is CNC(=O)[N@@+]([O-])(c1ccc([N+](=O)[O-])cc1)[C@@H]1CCC(=S)C1. The fraction of sp³-hybridized carbons (Fsp3) is 0.385. The molecule has 112 valence electrons. The smallest absolute Gasteiger partial charge is 0.421 e. The van der Waals surface area contributed by atoms with Crippen LogP contribution in [0, 0.1) is 15.3 Å². The van der Waals surface area contributed by atoms with Crippen molar-refractivity contribution < 1.29 is 9.72 Å². The molecule has 1 aliphatic carbocycles. The van der Waals surface area contributed by atoms with Gasteiger partial charge < -0.3 is 10.5 Å². The number of amides is 2. The fourth-order valence-corrected chi connectivity index (χ4v) is 2.87. The maximum absolute atomic E-state index is 13.2. The number of carbonyl (C=O) groups excluding carboxylic acids is 1. The lowest BCUT2D eigenvalue weighted by atomic mass is 10.1. The van der Waals surface area contributed by atoms with Crippen molar-refractivity contribution in [3.63, 3.8) is 0 Å². The summed E-state index contributed by atoms with van der Waals surface area (Å²) in [6, 6.07) is 3.95. The Kier molecular flexibility index (Phi) is 4.31. The molecule has 0 aliphatic heterocycles. The lowest BCUT2D eigenvalue weighted by molar-refractivity contribution is -0.384. The van der Waals surface area contributed by atoms with Gasteiger partial charge in [-0.15, -0.1) is 0 Å². The van der Waals surface area contributed by atoms with E-state index in [9.17, 15) is 20.1 Å². The van der Waals surface area contributed by atoms with E-state index < -0.39 is 21.6 Å². The molecular weight excluding hydrogens is 294 g/mol. The van der Waals surface area contributed by atoms with Gasteiger partial charge in [-0.25, -0.2) is 9.44 Å². The van der Waals surface area contributed by atoms with Crippen molar-refractivity contribution in [3.8, 4) is 0 Å². The minimum Gasteiger partial charge on any atom is -0.618 e. The van der Waals surface area contributed by atoms with Gasteiger partial charge in [0.2, 0.25) is 0 Å². The molecule has 21 heavy (non-hydrogen) atoms. The fourth-order valence-electron chi connectivity index (χ4n) is 2.56. The molecule has 0 heterocycles. The van der Waals surface area contributed by atoms with Crippen molar-refractivity contribution in [3.05, 3.63) is 39.6 Å². The van der Waals surface area contributed by atoms with Crippen LogP contribution in [-0.2, 0) is 0 Å². The average molecular weight is 309 g/mol. The maximum atomic E-state index is 13.2. The first-order valence-corrected chi connectivity index (χ1v) is 6.89. The number of hydrogen-bond donors (Lipinski definition) is 1. The van der Waals surface area contributed by atoms with Gasteiger partial charge in [0.05, 0.1) is 4.92 Å². The molecule has 0 spiro atoms. The Bertz CT molecular complexity index is 590. The molecule has 8 heteroatoms.